The average Bonchev–Trinajstić information content (AvgIpc) is 2.79. The number of hydrogen-bond acceptors (Lipinski definition) is 3. The van der Waals surface area contributed by atoms with Gasteiger partial charge in [-0.2, -0.15) is 5.06 Å². The Kier molecular flexibility index (Phi) is 3.59. The molecule has 6 heteroatoms. The number of halogens is 1. The molecule has 0 unspecified atom stereocenters. The highest BCUT2D eigenvalue weighted by molar-refractivity contribution is 7.16. The molecule has 1 aromatic carbocycles. The number of carbonyl (C=O) groups is 1. The molecule has 0 saturated carbocycles. The fourth-order valence-corrected chi connectivity index (χ4v) is 2.44. The number of amides is 2. The lowest BCUT2D eigenvalue weighted by Crippen LogP contribution is -2.31. The summed E-state index contributed by atoms with van der Waals surface area (Å²) in [5.74, 6) is -0.277. The van der Waals surface area contributed by atoms with E-state index in [0.29, 0.717) is 16.5 Å². The summed E-state index contributed by atoms with van der Waals surface area (Å²) in [5.41, 5.74) is 5.90. The largest absolute Gasteiger partial charge is 0.349 e. The summed E-state index contributed by atoms with van der Waals surface area (Å²) in [6.45, 7) is 0. The lowest BCUT2D eigenvalue weighted by Gasteiger charge is -2.07. The van der Waals surface area contributed by atoms with Crippen LogP contribution >= 0.6 is 11.3 Å². The second-order valence-electron chi connectivity index (χ2n) is 3.69. The highest BCUT2D eigenvalue weighted by Crippen LogP contribution is 2.26. The third kappa shape index (κ3) is 2.85. The molecular weight excluding hydrogens is 255 g/mol. The fourth-order valence-electron chi connectivity index (χ4n) is 1.49. The van der Waals surface area contributed by atoms with Gasteiger partial charge in [0.2, 0.25) is 0 Å². The van der Waals surface area contributed by atoms with E-state index in [9.17, 15) is 14.4 Å². The highest BCUT2D eigenvalue weighted by atomic mass is 32.1. The first-order valence-corrected chi connectivity index (χ1v) is 5.99. The van der Waals surface area contributed by atoms with E-state index in [-0.39, 0.29) is 5.82 Å². The van der Waals surface area contributed by atoms with Gasteiger partial charge in [0.25, 0.3) is 0 Å². The summed E-state index contributed by atoms with van der Waals surface area (Å²) in [4.78, 5) is 11.7. The molecule has 0 radical (unpaired) electrons. The Hall–Kier alpha value is -1.92. The van der Waals surface area contributed by atoms with Gasteiger partial charge >= 0.3 is 6.03 Å². The lowest BCUT2D eigenvalue weighted by molar-refractivity contribution is 0.213. The number of nitrogens with two attached hydrogens (primary N) is 1. The number of thiophene rings is 1. The van der Waals surface area contributed by atoms with Gasteiger partial charge in [0.1, 0.15) is 10.8 Å². The molecule has 0 bridgehead atoms. The number of nitrogens with zero attached hydrogens (tertiary/aromatic N) is 1. The van der Waals surface area contributed by atoms with Crippen LogP contribution in [0.5, 0.6) is 0 Å². The molecule has 1 heterocycles. The van der Waals surface area contributed by atoms with Gasteiger partial charge in [0, 0.05) is 11.3 Å². The Balaban J connectivity index is 2.11. The number of rotatable bonds is 3. The van der Waals surface area contributed by atoms with E-state index >= 15 is 0 Å². The number of urea groups is 1. The van der Waals surface area contributed by atoms with Crippen LogP contribution in [0.4, 0.5) is 14.2 Å². The van der Waals surface area contributed by atoms with Gasteiger partial charge in [-0.05, 0) is 29.8 Å². The van der Waals surface area contributed by atoms with Gasteiger partial charge in [0.15, 0.2) is 0 Å². The van der Waals surface area contributed by atoms with Crippen molar-refractivity contribution < 1.29 is 14.4 Å². The van der Waals surface area contributed by atoms with Crippen LogP contribution in [0.3, 0.4) is 0 Å². The summed E-state index contributed by atoms with van der Waals surface area (Å²) in [5, 5.41) is 10.1. The minimum absolute atomic E-state index is 0.277. The van der Waals surface area contributed by atoms with Crippen molar-refractivity contribution >= 4 is 22.4 Å². The molecule has 2 amide bonds. The Bertz CT molecular complexity index is 553. The predicted octanol–water partition coefficient (Wildman–Crippen LogP) is 2.75. The van der Waals surface area contributed by atoms with Gasteiger partial charge in [-0.1, -0.05) is 12.1 Å². The zero-order valence-electron chi connectivity index (χ0n) is 9.34. The number of hydroxylamine groups is 1. The summed E-state index contributed by atoms with van der Waals surface area (Å²) in [7, 11) is 0. The monoisotopic (exact) mass is 266 g/mol. The van der Waals surface area contributed by atoms with Crippen LogP contribution in [0.25, 0.3) is 0 Å². The van der Waals surface area contributed by atoms with Crippen molar-refractivity contribution in [2.75, 3.05) is 5.06 Å². The molecule has 0 aliphatic heterocycles. The zero-order chi connectivity index (χ0) is 13.1. The molecule has 0 aliphatic rings. The number of anilines is 1. The van der Waals surface area contributed by atoms with Gasteiger partial charge in [-0.3, -0.25) is 5.21 Å². The SMILES string of the molecule is NC(=O)N(O)c1ccc(Cc2ccc(F)cc2)s1. The van der Waals surface area contributed by atoms with E-state index in [1.54, 1.807) is 24.3 Å². The molecule has 0 aliphatic carbocycles. The molecule has 0 atom stereocenters. The maximum Gasteiger partial charge on any atom is 0.344 e. The maximum absolute atomic E-state index is 12.7. The first-order valence-electron chi connectivity index (χ1n) is 5.18. The topological polar surface area (TPSA) is 66.6 Å². The van der Waals surface area contributed by atoms with E-state index < -0.39 is 6.03 Å². The van der Waals surface area contributed by atoms with E-state index in [4.69, 9.17) is 5.73 Å². The molecule has 3 N–H and O–H groups in total. The molecule has 0 saturated heterocycles. The molecular formula is C12H11FN2O2S. The van der Waals surface area contributed by atoms with E-state index in [2.05, 4.69) is 0 Å². The van der Waals surface area contributed by atoms with Crippen LogP contribution in [0, 0.1) is 5.82 Å². The fraction of sp³-hybridized carbons (Fsp3) is 0.0833. The number of carbonyl (C=O) groups excluding carboxylic acids is 1. The van der Waals surface area contributed by atoms with Gasteiger partial charge in [-0.15, -0.1) is 11.3 Å². The van der Waals surface area contributed by atoms with Crippen molar-refractivity contribution in [3.63, 3.8) is 0 Å². The Morgan fingerprint density at radius 1 is 1.28 bits per heavy atom. The third-order valence-electron chi connectivity index (χ3n) is 2.36. The van der Waals surface area contributed by atoms with Crippen molar-refractivity contribution in [2.24, 2.45) is 5.73 Å². The molecule has 2 rings (SSSR count). The second-order valence-corrected chi connectivity index (χ2v) is 4.84. The van der Waals surface area contributed by atoms with Crippen LogP contribution in [0.15, 0.2) is 36.4 Å². The van der Waals surface area contributed by atoms with Crippen molar-refractivity contribution in [3.8, 4) is 0 Å². The van der Waals surface area contributed by atoms with Crippen molar-refractivity contribution in [3.05, 3.63) is 52.7 Å². The van der Waals surface area contributed by atoms with Crippen LogP contribution in [-0.2, 0) is 6.42 Å². The average molecular weight is 266 g/mol. The standard InChI is InChI=1S/C12H11FN2O2S/c13-9-3-1-8(2-4-9)7-10-5-6-11(18-10)15(17)12(14)16/h1-6,17H,7H2,(H2,14,16). The Morgan fingerprint density at radius 2 is 1.94 bits per heavy atom. The summed E-state index contributed by atoms with van der Waals surface area (Å²) in [6.07, 6.45) is 0.609. The summed E-state index contributed by atoms with van der Waals surface area (Å²) >= 11 is 1.25. The molecule has 0 fully saturated rings. The maximum atomic E-state index is 12.7. The number of benzene rings is 1. The highest BCUT2D eigenvalue weighted by Gasteiger charge is 2.11. The van der Waals surface area contributed by atoms with E-state index in [0.717, 1.165) is 10.4 Å². The predicted molar refractivity (Wildman–Crippen MR) is 67.4 cm³/mol. The summed E-state index contributed by atoms with van der Waals surface area (Å²) in [6, 6.07) is 8.64. The van der Waals surface area contributed by atoms with E-state index in [1.165, 1.54) is 23.5 Å². The molecule has 1 aromatic heterocycles. The zero-order valence-corrected chi connectivity index (χ0v) is 10.2. The molecule has 4 nitrogen and oxygen atoms in total. The quantitative estimate of drug-likeness (QED) is 0.662. The van der Waals surface area contributed by atoms with Gasteiger partial charge in [-0.25, -0.2) is 9.18 Å². The van der Waals surface area contributed by atoms with Crippen LogP contribution in [0.2, 0.25) is 0 Å². The third-order valence-corrected chi connectivity index (χ3v) is 3.42. The molecule has 94 valence electrons. The van der Waals surface area contributed by atoms with Gasteiger partial charge < -0.3 is 5.73 Å². The molecule has 0 spiro atoms. The molecule has 18 heavy (non-hydrogen) atoms. The number of hydrogen-bond donors (Lipinski definition) is 2. The first-order chi connectivity index (χ1) is 8.56. The summed E-state index contributed by atoms with van der Waals surface area (Å²) < 4.78 is 12.7. The Labute approximate surface area is 107 Å². The van der Waals surface area contributed by atoms with Crippen molar-refractivity contribution in [1.29, 1.82) is 0 Å². The smallest absolute Gasteiger partial charge is 0.344 e. The second kappa shape index (κ2) is 5.16. The van der Waals surface area contributed by atoms with Crippen LogP contribution in [0.1, 0.15) is 10.4 Å². The van der Waals surface area contributed by atoms with Crippen molar-refractivity contribution in [1.82, 2.24) is 0 Å². The first kappa shape index (κ1) is 12.5. The normalized spacial score (nSPS) is 10.3. The lowest BCUT2D eigenvalue weighted by atomic mass is 10.1. The van der Waals surface area contributed by atoms with Crippen LogP contribution < -0.4 is 10.8 Å². The minimum atomic E-state index is -0.926. The van der Waals surface area contributed by atoms with E-state index in [1.807, 2.05) is 0 Å². The minimum Gasteiger partial charge on any atom is -0.349 e. The van der Waals surface area contributed by atoms with Gasteiger partial charge in [0.05, 0.1) is 0 Å². The molecule has 2 aromatic rings. The van der Waals surface area contributed by atoms with Crippen molar-refractivity contribution in [2.45, 2.75) is 6.42 Å². The Morgan fingerprint density at radius 3 is 2.56 bits per heavy atom. The number of primary amides is 1. The van der Waals surface area contributed by atoms with Crippen LogP contribution in [-0.4, -0.2) is 11.2 Å².